The maximum absolute atomic E-state index is 9.95. The number of hydrogen-bond donors (Lipinski definition) is 5. The molecule has 0 spiro atoms. The molecule has 0 amide bonds. The number of aliphatic carboxylic acids is 1. The summed E-state index contributed by atoms with van der Waals surface area (Å²) in [5.74, 6) is -0.447. The van der Waals surface area contributed by atoms with E-state index in [1.807, 2.05) is 6.26 Å². The van der Waals surface area contributed by atoms with E-state index in [0.717, 1.165) is 0 Å². The van der Waals surface area contributed by atoms with Crippen molar-refractivity contribution >= 4 is 25.1 Å². The van der Waals surface area contributed by atoms with Crippen LogP contribution >= 0.6 is 11.8 Å². The molecule has 5 N–H and O–H groups in total. The van der Waals surface area contributed by atoms with Gasteiger partial charge in [-0.25, -0.2) is 4.79 Å². The number of thioether (sulfide) groups is 1. The molecule has 0 rings (SSSR count). The highest BCUT2D eigenvalue weighted by Gasteiger charge is 2.10. The third-order valence-electron chi connectivity index (χ3n) is 0.880. The Morgan fingerprint density at radius 1 is 1.46 bits per heavy atom. The Bertz CT molecular complexity index is 129. The van der Waals surface area contributed by atoms with Crippen LogP contribution in [0, 0.1) is 0 Å². The van der Waals surface area contributed by atoms with Gasteiger partial charge in [0.15, 0.2) is 6.10 Å². The molecule has 0 saturated carbocycles. The predicted octanol–water partition coefficient (Wildman–Crippen LogP) is -1.87. The molecule has 8 heteroatoms. The van der Waals surface area contributed by atoms with Gasteiger partial charge >= 0.3 is 13.3 Å². The third-order valence-corrected chi connectivity index (χ3v) is 1.52. The smallest absolute Gasteiger partial charge is 0.479 e. The number of aliphatic hydroxyl groups excluding tert-OH is 1. The monoisotopic (exact) mass is 212 g/mol. The highest BCUT2D eigenvalue weighted by Crippen LogP contribution is 1.99. The first-order chi connectivity index (χ1) is 5.91. The van der Waals surface area contributed by atoms with Crippen molar-refractivity contribution in [1.82, 2.24) is 0 Å². The van der Waals surface area contributed by atoms with Crippen LogP contribution < -0.4 is 0 Å². The first-order valence-corrected chi connectivity index (χ1v) is 4.75. The van der Waals surface area contributed by atoms with Gasteiger partial charge in [-0.2, -0.15) is 11.8 Å². The fourth-order valence-electron chi connectivity index (χ4n) is 0.353. The summed E-state index contributed by atoms with van der Waals surface area (Å²) in [5.41, 5.74) is 0. The molecule has 1 atom stereocenters. The summed E-state index contributed by atoms with van der Waals surface area (Å²) in [4.78, 5) is 9.95. The van der Waals surface area contributed by atoms with Crippen molar-refractivity contribution in [1.29, 1.82) is 0 Å². The van der Waals surface area contributed by atoms with Gasteiger partial charge in [0.2, 0.25) is 0 Å². The fourth-order valence-corrected chi connectivity index (χ4v) is 0.812. The van der Waals surface area contributed by atoms with Crippen LogP contribution in [0.4, 0.5) is 0 Å². The Balaban J connectivity index is 0. The van der Waals surface area contributed by atoms with Gasteiger partial charge in [-0.05, 0) is 18.4 Å². The lowest BCUT2D eigenvalue weighted by Gasteiger charge is -2.01. The lowest BCUT2D eigenvalue weighted by molar-refractivity contribution is -0.146. The minimum Gasteiger partial charge on any atom is -0.479 e. The van der Waals surface area contributed by atoms with E-state index >= 15 is 0 Å². The molecule has 0 saturated heterocycles. The fraction of sp³-hybridized carbons (Fsp3) is 0.800. The summed E-state index contributed by atoms with van der Waals surface area (Å²) in [5, 5.41) is 38.3. The standard InChI is InChI=1S/C5H10O3S.BH3O3/c1-9-3-2-4(6)5(7)8;2-1(3)4/h4,6H,2-3H2,1H3,(H,7,8);2-4H. The minimum atomic E-state index is -2.17. The van der Waals surface area contributed by atoms with Crippen molar-refractivity contribution in [2.45, 2.75) is 12.5 Å². The van der Waals surface area contributed by atoms with Crippen molar-refractivity contribution < 1.29 is 30.1 Å². The topological polar surface area (TPSA) is 118 Å². The Hall–Kier alpha value is -0.275. The molecule has 0 aromatic heterocycles. The molecule has 0 heterocycles. The first-order valence-electron chi connectivity index (χ1n) is 3.35. The molecule has 78 valence electrons. The van der Waals surface area contributed by atoms with Crippen LogP contribution in [-0.4, -0.2) is 56.7 Å². The summed E-state index contributed by atoms with van der Waals surface area (Å²) in [6.07, 6.45) is 1.02. The second-order valence-corrected chi connectivity index (χ2v) is 2.97. The molecular formula is C5H13BO6S. The average molecular weight is 212 g/mol. The van der Waals surface area contributed by atoms with E-state index in [1.54, 1.807) is 0 Å². The number of hydrogen-bond acceptors (Lipinski definition) is 6. The SMILES string of the molecule is CSCCC(O)C(=O)O.OB(O)O. The van der Waals surface area contributed by atoms with Crippen molar-refractivity contribution in [2.24, 2.45) is 0 Å². The molecule has 0 bridgehead atoms. The van der Waals surface area contributed by atoms with Gasteiger partial charge in [0.1, 0.15) is 0 Å². The predicted molar refractivity (Wildman–Crippen MR) is 49.1 cm³/mol. The van der Waals surface area contributed by atoms with E-state index in [9.17, 15) is 4.79 Å². The van der Waals surface area contributed by atoms with Crippen molar-refractivity contribution in [2.75, 3.05) is 12.0 Å². The second-order valence-electron chi connectivity index (χ2n) is 1.98. The number of carboxylic acid groups (broad SMARTS) is 1. The number of rotatable bonds is 4. The zero-order chi connectivity index (χ0) is 10.9. The van der Waals surface area contributed by atoms with Crippen LogP contribution in [0.2, 0.25) is 0 Å². The van der Waals surface area contributed by atoms with E-state index in [2.05, 4.69) is 0 Å². The molecule has 0 aliphatic rings. The summed E-state index contributed by atoms with van der Waals surface area (Å²) in [7, 11) is -2.17. The van der Waals surface area contributed by atoms with Gasteiger partial charge in [0.25, 0.3) is 0 Å². The summed E-state index contributed by atoms with van der Waals surface area (Å²) in [6, 6.07) is 0. The first kappa shape index (κ1) is 15.2. The molecule has 0 aromatic rings. The van der Waals surface area contributed by atoms with Crippen molar-refractivity contribution in [3.05, 3.63) is 0 Å². The largest absolute Gasteiger partial charge is 0.631 e. The van der Waals surface area contributed by atoms with E-state index in [-0.39, 0.29) is 0 Å². The Kier molecular flexibility index (Phi) is 11.5. The van der Waals surface area contributed by atoms with Crippen molar-refractivity contribution in [3.8, 4) is 0 Å². The molecule has 13 heavy (non-hydrogen) atoms. The zero-order valence-corrected chi connectivity index (χ0v) is 7.94. The van der Waals surface area contributed by atoms with Crippen molar-refractivity contribution in [3.63, 3.8) is 0 Å². The normalized spacial score (nSPS) is 11.2. The summed E-state index contributed by atoms with van der Waals surface area (Å²) < 4.78 is 0. The molecule has 0 aliphatic carbocycles. The Labute approximate surface area is 80.4 Å². The van der Waals surface area contributed by atoms with Crippen LogP contribution in [0.1, 0.15) is 6.42 Å². The third kappa shape index (κ3) is 18.6. The minimum absolute atomic E-state index is 0.330. The lowest BCUT2D eigenvalue weighted by atomic mass is 10.3. The molecule has 6 nitrogen and oxygen atoms in total. The molecule has 0 aromatic carbocycles. The molecule has 0 aliphatic heterocycles. The van der Waals surface area contributed by atoms with E-state index in [0.29, 0.717) is 12.2 Å². The van der Waals surface area contributed by atoms with Crippen LogP contribution in [-0.2, 0) is 4.79 Å². The average Bonchev–Trinajstić information content (AvgIpc) is 1.98. The second kappa shape index (κ2) is 9.81. The summed E-state index contributed by atoms with van der Waals surface area (Å²) >= 11 is 1.52. The van der Waals surface area contributed by atoms with Gasteiger partial charge in [0, 0.05) is 0 Å². The highest BCUT2D eigenvalue weighted by molar-refractivity contribution is 7.98. The maximum atomic E-state index is 9.95. The van der Waals surface area contributed by atoms with Gasteiger partial charge in [-0.1, -0.05) is 0 Å². The van der Waals surface area contributed by atoms with Crippen LogP contribution in [0.25, 0.3) is 0 Å². The molecule has 1 unspecified atom stereocenters. The van der Waals surface area contributed by atoms with Crippen LogP contribution in [0.5, 0.6) is 0 Å². The van der Waals surface area contributed by atoms with Crippen LogP contribution in [0.15, 0.2) is 0 Å². The summed E-state index contributed by atoms with van der Waals surface area (Å²) in [6.45, 7) is 0. The van der Waals surface area contributed by atoms with Gasteiger partial charge < -0.3 is 25.3 Å². The van der Waals surface area contributed by atoms with Gasteiger partial charge in [0.05, 0.1) is 0 Å². The van der Waals surface area contributed by atoms with Gasteiger partial charge in [-0.15, -0.1) is 0 Å². The number of carboxylic acids is 1. The number of carbonyl (C=O) groups is 1. The van der Waals surface area contributed by atoms with Crippen LogP contribution in [0.3, 0.4) is 0 Å². The van der Waals surface area contributed by atoms with E-state index in [1.165, 1.54) is 11.8 Å². The molecule has 0 radical (unpaired) electrons. The molecular weight excluding hydrogens is 199 g/mol. The van der Waals surface area contributed by atoms with Gasteiger partial charge in [-0.3, -0.25) is 0 Å². The zero-order valence-electron chi connectivity index (χ0n) is 7.12. The Morgan fingerprint density at radius 3 is 2.08 bits per heavy atom. The quantitative estimate of drug-likeness (QED) is 0.346. The highest BCUT2D eigenvalue weighted by atomic mass is 32.2. The lowest BCUT2D eigenvalue weighted by Crippen LogP contribution is -2.19. The van der Waals surface area contributed by atoms with E-state index < -0.39 is 19.4 Å². The Morgan fingerprint density at radius 2 is 1.85 bits per heavy atom. The maximum Gasteiger partial charge on any atom is 0.631 e. The van der Waals surface area contributed by atoms with E-state index in [4.69, 9.17) is 25.3 Å². The molecule has 0 fully saturated rings. The number of aliphatic hydroxyl groups is 1.